The van der Waals surface area contributed by atoms with Crippen LogP contribution in [0.4, 0.5) is 13.2 Å². The fourth-order valence-electron chi connectivity index (χ4n) is 1.86. The standard InChI is InChI=1S/C14H16BF3O2/c1-8(9-6-10(16)12(18)11(17)7-9)15-19-13(2,3)14(4,5)20-15/h6-7H,1H2,2-5H3. The van der Waals surface area contributed by atoms with E-state index in [9.17, 15) is 13.2 Å². The van der Waals surface area contributed by atoms with Crippen molar-refractivity contribution < 1.29 is 22.5 Å². The molecule has 0 aliphatic carbocycles. The Morgan fingerprint density at radius 2 is 1.40 bits per heavy atom. The summed E-state index contributed by atoms with van der Waals surface area (Å²) in [6, 6.07) is 1.76. The number of hydrogen-bond acceptors (Lipinski definition) is 2. The van der Waals surface area contributed by atoms with E-state index < -0.39 is 35.8 Å². The van der Waals surface area contributed by atoms with Gasteiger partial charge in [-0.3, -0.25) is 0 Å². The molecule has 2 rings (SSSR count). The smallest absolute Gasteiger partial charge is 0.399 e. The third-order valence-electron chi connectivity index (χ3n) is 3.89. The van der Waals surface area contributed by atoms with Crippen LogP contribution < -0.4 is 0 Å². The Morgan fingerprint density at radius 3 is 1.80 bits per heavy atom. The van der Waals surface area contributed by atoms with E-state index >= 15 is 0 Å². The Kier molecular flexibility index (Phi) is 3.51. The summed E-state index contributed by atoms with van der Waals surface area (Å²) in [5, 5.41) is 0. The van der Waals surface area contributed by atoms with Crippen LogP contribution in [0.15, 0.2) is 18.7 Å². The van der Waals surface area contributed by atoms with Crippen molar-refractivity contribution in [3.63, 3.8) is 0 Å². The Hall–Kier alpha value is -1.27. The molecule has 1 saturated heterocycles. The number of rotatable bonds is 2. The maximum absolute atomic E-state index is 13.3. The predicted molar refractivity (Wildman–Crippen MR) is 71.4 cm³/mol. The van der Waals surface area contributed by atoms with Crippen molar-refractivity contribution in [1.82, 2.24) is 0 Å². The van der Waals surface area contributed by atoms with Crippen LogP contribution in [0, 0.1) is 17.5 Å². The number of benzene rings is 1. The summed E-state index contributed by atoms with van der Waals surface area (Å²) in [7, 11) is -0.829. The Balaban J connectivity index is 2.30. The molecule has 1 aliphatic rings. The molecule has 0 amide bonds. The van der Waals surface area contributed by atoms with Gasteiger partial charge < -0.3 is 9.31 Å². The zero-order valence-electron chi connectivity index (χ0n) is 11.9. The lowest BCUT2D eigenvalue weighted by Crippen LogP contribution is -2.41. The fraction of sp³-hybridized carbons (Fsp3) is 0.429. The maximum Gasteiger partial charge on any atom is 0.494 e. The first-order chi connectivity index (χ1) is 9.05. The monoisotopic (exact) mass is 284 g/mol. The second-order valence-corrected chi connectivity index (χ2v) is 5.87. The maximum atomic E-state index is 13.3. The molecule has 1 heterocycles. The van der Waals surface area contributed by atoms with E-state index in [1.165, 1.54) is 0 Å². The first-order valence-corrected chi connectivity index (χ1v) is 6.24. The van der Waals surface area contributed by atoms with Crippen molar-refractivity contribution in [2.24, 2.45) is 0 Å². The SMILES string of the molecule is C=C(B1OC(C)(C)C(C)(C)O1)c1cc(F)c(F)c(F)c1. The highest BCUT2D eigenvalue weighted by Crippen LogP contribution is 2.40. The minimum Gasteiger partial charge on any atom is -0.399 e. The molecule has 0 bridgehead atoms. The van der Waals surface area contributed by atoms with Gasteiger partial charge >= 0.3 is 7.12 Å². The molecule has 0 saturated carbocycles. The molecule has 0 unspecified atom stereocenters. The van der Waals surface area contributed by atoms with E-state index in [0.717, 1.165) is 12.1 Å². The van der Waals surface area contributed by atoms with Gasteiger partial charge in [-0.2, -0.15) is 0 Å². The zero-order chi connectivity index (χ0) is 15.3. The average Bonchev–Trinajstić information content (AvgIpc) is 2.54. The van der Waals surface area contributed by atoms with E-state index in [4.69, 9.17) is 9.31 Å². The van der Waals surface area contributed by atoms with Crippen LogP contribution in [0.2, 0.25) is 0 Å². The summed E-state index contributed by atoms with van der Waals surface area (Å²) in [5.41, 5.74) is -0.809. The van der Waals surface area contributed by atoms with Crippen LogP contribution >= 0.6 is 0 Å². The molecule has 6 heteroatoms. The van der Waals surface area contributed by atoms with Crippen LogP contribution in [0.25, 0.3) is 5.47 Å². The van der Waals surface area contributed by atoms with Crippen LogP contribution in [-0.2, 0) is 9.31 Å². The highest BCUT2D eigenvalue weighted by atomic mass is 19.2. The minimum atomic E-state index is -1.50. The first kappa shape index (κ1) is 15.1. The lowest BCUT2D eigenvalue weighted by molar-refractivity contribution is 0.00578. The predicted octanol–water partition coefficient (Wildman–Crippen LogP) is 3.75. The van der Waals surface area contributed by atoms with E-state index in [1.54, 1.807) is 0 Å². The minimum absolute atomic E-state index is 0.111. The molecule has 108 valence electrons. The Morgan fingerprint density at radius 1 is 1.00 bits per heavy atom. The van der Waals surface area contributed by atoms with Crippen molar-refractivity contribution in [3.05, 3.63) is 41.7 Å². The van der Waals surface area contributed by atoms with Gasteiger partial charge in [0, 0.05) is 0 Å². The van der Waals surface area contributed by atoms with E-state index in [-0.39, 0.29) is 11.0 Å². The fourth-order valence-corrected chi connectivity index (χ4v) is 1.86. The molecular formula is C14H16BF3O2. The molecule has 0 aromatic heterocycles. The van der Waals surface area contributed by atoms with Crippen molar-refractivity contribution >= 4 is 12.6 Å². The summed E-state index contributed by atoms with van der Waals surface area (Å²) in [6.07, 6.45) is 0. The largest absolute Gasteiger partial charge is 0.494 e. The molecule has 1 aromatic rings. The van der Waals surface area contributed by atoms with E-state index in [0.29, 0.717) is 0 Å². The molecule has 0 radical (unpaired) electrons. The van der Waals surface area contributed by atoms with Crippen molar-refractivity contribution in [1.29, 1.82) is 0 Å². The zero-order valence-corrected chi connectivity index (χ0v) is 11.9. The normalized spacial score (nSPS) is 20.2. The Labute approximate surface area is 116 Å². The number of halogens is 3. The topological polar surface area (TPSA) is 18.5 Å². The third-order valence-corrected chi connectivity index (χ3v) is 3.89. The van der Waals surface area contributed by atoms with Crippen LogP contribution in [0.3, 0.4) is 0 Å². The summed E-state index contributed by atoms with van der Waals surface area (Å²) in [6.45, 7) is 11.2. The summed E-state index contributed by atoms with van der Waals surface area (Å²) in [4.78, 5) is 0. The third kappa shape index (κ3) is 2.38. The summed E-state index contributed by atoms with van der Waals surface area (Å²) < 4.78 is 50.9. The second-order valence-electron chi connectivity index (χ2n) is 5.87. The van der Waals surface area contributed by atoms with Gasteiger partial charge in [0.1, 0.15) is 0 Å². The molecule has 1 aliphatic heterocycles. The Bertz CT molecular complexity index is 531. The lowest BCUT2D eigenvalue weighted by Gasteiger charge is -2.32. The van der Waals surface area contributed by atoms with Gasteiger partial charge in [-0.15, -0.1) is 0 Å². The summed E-state index contributed by atoms with van der Waals surface area (Å²) in [5.74, 6) is -4.04. The molecule has 1 aromatic carbocycles. The van der Waals surface area contributed by atoms with Gasteiger partial charge in [0.2, 0.25) is 0 Å². The van der Waals surface area contributed by atoms with Gasteiger partial charge in [0.15, 0.2) is 17.5 Å². The molecule has 1 fully saturated rings. The highest BCUT2D eigenvalue weighted by Gasteiger charge is 2.52. The van der Waals surface area contributed by atoms with Gasteiger partial charge in [-0.1, -0.05) is 6.58 Å². The quantitative estimate of drug-likeness (QED) is 0.608. The lowest BCUT2D eigenvalue weighted by atomic mass is 9.75. The first-order valence-electron chi connectivity index (χ1n) is 6.24. The summed E-state index contributed by atoms with van der Waals surface area (Å²) >= 11 is 0. The van der Waals surface area contributed by atoms with Crippen molar-refractivity contribution in [2.75, 3.05) is 0 Å². The van der Waals surface area contributed by atoms with Crippen molar-refractivity contribution in [3.8, 4) is 0 Å². The van der Waals surface area contributed by atoms with Crippen LogP contribution in [0.1, 0.15) is 33.3 Å². The molecule has 20 heavy (non-hydrogen) atoms. The van der Waals surface area contributed by atoms with Gasteiger partial charge in [0.25, 0.3) is 0 Å². The molecular weight excluding hydrogens is 268 g/mol. The van der Waals surface area contributed by atoms with Gasteiger partial charge in [0.05, 0.1) is 11.2 Å². The van der Waals surface area contributed by atoms with Crippen LogP contribution in [0.5, 0.6) is 0 Å². The van der Waals surface area contributed by atoms with Gasteiger partial charge in [-0.25, -0.2) is 13.2 Å². The van der Waals surface area contributed by atoms with E-state index in [2.05, 4.69) is 6.58 Å². The highest BCUT2D eigenvalue weighted by molar-refractivity contribution is 6.68. The molecule has 0 spiro atoms. The molecule has 2 nitrogen and oxygen atoms in total. The molecule has 0 atom stereocenters. The average molecular weight is 284 g/mol. The number of hydrogen-bond donors (Lipinski definition) is 0. The molecule has 0 N–H and O–H groups in total. The van der Waals surface area contributed by atoms with Crippen molar-refractivity contribution in [2.45, 2.75) is 38.9 Å². The van der Waals surface area contributed by atoms with E-state index in [1.807, 2.05) is 27.7 Å². The second kappa shape index (κ2) is 4.64. The van der Waals surface area contributed by atoms with Gasteiger partial charge in [-0.05, 0) is 50.9 Å². The van der Waals surface area contributed by atoms with Crippen LogP contribution in [-0.4, -0.2) is 18.3 Å².